The lowest BCUT2D eigenvalue weighted by atomic mass is 10.2. The Morgan fingerprint density at radius 2 is 1.88 bits per heavy atom. The molecule has 0 radical (unpaired) electrons. The summed E-state index contributed by atoms with van der Waals surface area (Å²) in [7, 11) is 0. The molecular weight excluding hydrogens is 332 g/mol. The molecule has 1 saturated heterocycles. The van der Waals surface area contributed by atoms with E-state index in [0.717, 1.165) is 52.9 Å². The fourth-order valence-electron chi connectivity index (χ4n) is 3.22. The average molecular weight is 352 g/mol. The van der Waals surface area contributed by atoms with E-state index in [2.05, 4.69) is 27.4 Å². The van der Waals surface area contributed by atoms with Crippen LogP contribution in [0.1, 0.15) is 18.4 Å². The number of likely N-dealkylation sites (tertiary alicyclic amines) is 1. The fraction of sp³-hybridized carbons (Fsp3) is 0.263. The number of anilines is 2. The second kappa shape index (κ2) is 6.92. The van der Waals surface area contributed by atoms with Crippen LogP contribution >= 0.6 is 11.3 Å². The van der Waals surface area contributed by atoms with Gasteiger partial charge in [-0.05, 0) is 17.7 Å². The summed E-state index contributed by atoms with van der Waals surface area (Å²) in [6, 6.07) is 14.1. The maximum absolute atomic E-state index is 12.6. The molecule has 0 bridgehead atoms. The lowest BCUT2D eigenvalue weighted by Gasteiger charge is -2.38. The molecule has 0 atom stereocenters. The van der Waals surface area contributed by atoms with Crippen LogP contribution in [0.2, 0.25) is 0 Å². The summed E-state index contributed by atoms with van der Waals surface area (Å²) < 4.78 is -0.112. The van der Waals surface area contributed by atoms with E-state index < -0.39 is 0 Å². The lowest BCUT2D eigenvalue weighted by Crippen LogP contribution is -2.37. The standard InChI is InChI=1S/C19H20N4OS/c24-23(10-4-5-11-23)14-15-8-9-20-18(12-15)22-19-21-13-17(25-19)16-6-2-1-3-7-16/h1-3,6-9,12-13H,4-5,10-11,14H2,(H,20,21,22). The molecule has 0 saturated carbocycles. The Bertz CT molecular complexity index is 843. The molecule has 0 amide bonds. The van der Waals surface area contributed by atoms with Crippen molar-refractivity contribution in [3.8, 4) is 10.4 Å². The van der Waals surface area contributed by atoms with E-state index in [4.69, 9.17) is 0 Å². The summed E-state index contributed by atoms with van der Waals surface area (Å²) in [5.74, 6) is 0.734. The number of thiazole rings is 1. The van der Waals surface area contributed by atoms with Gasteiger partial charge in [-0.3, -0.25) is 0 Å². The van der Waals surface area contributed by atoms with Crippen molar-refractivity contribution in [2.45, 2.75) is 19.4 Å². The Balaban J connectivity index is 1.48. The van der Waals surface area contributed by atoms with E-state index in [0.29, 0.717) is 6.54 Å². The van der Waals surface area contributed by atoms with E-state index in [1.165, 1.54) is 0 Å². The quantitative estimate of drug-likeness (QED) is 0.540. The minimum absolute atomic E-state index is 0.112. The van der Waals surface area contributed by atoms with E-state index >= 15 is 0 Å². The largest absolute Gasteiger partial charge is 0.633 e. The molecule has 5 nitrogen and oxygen atoms in total. The lowest BCUT2D eigenvalue weighted by molar-refractivity contribution is -0.881. The maximum Gasteiger partial charge on any atom is 0.188 e. The molecule has 1 aromatic carbocycles. The number of hydrogen-bond donors (Lipinski definition) is 1. The van der Waals surface area contributed by atoms with Crippen LogP contribution in [0.25, 0.3) is 10.4 Å². The van der Waals surface area contributed by atoms with Crippen molar-refractivity contribution in [3.05, 3.63) is 65.6 Å². The van der Waals surface area contributed by atoms with Crippen molar-refractivity contribution in [2.24, 2.45) is 0 Å². The molecule has 128 valence electrons. The first-order chi connectivity index (χ1) is 12.2. The van der Waals surface area contributed by atoms with E-state index in [1.54, 1.807) is 17.5 Å². The van der Waals surface area contributed by atoms with Crippen molar-refractivity contribution in [1.82, 2.24) is 9.97 Å². The van der Waals surface area contributed by atoms with Crippen LogP contribution in [0.5, 0.6) is 0 Å². The zero-order valence-electron chi connectivity index (χ0n) is 13.9. The topological polar surface area (TPSA) is 60.9 Å². The smallest absolute Gasteiger partial charge is 0.188 e. The molecule has 6 heteroatoms. The highest BCUT2D eigenvalue weighted by atomic mass is 32.1. The molecular formula is C19H20N4OS. The van der Waals surface area contributed by atoms with Gasteiger partial charge in [-0.25, -0.2) is 9.97 Å². The Morgan fingerprint density at radius 1 is 1.08 bits per heavy atom. The predicted octanol–water partition coefficient (Wildman–Crippen LogP) is 4.56. The van der Waals surface area contributed by atoms with Crippen LogP contribution in [0.3, 0.4) is 0 Å². The van der Waals surface area contributed by atoms with Crippen LogP contribution in [0, 0.1) is 5.21 Å². The summed E-state index contributed by atoms with van der Waals surface area (Å²) >= 11 is 1.59. The van der Waals surface area contributed by atoms with Crippen molar-refractivity contribution >= 4 is 22.3 Å². The van der Waals surface area contributed by atoms with Crippen molar-refractivity contribution in [2.75, 3.05) is 18.4 Å². The predicted molar refractivity (Wildman–Crippen MR) is 101 cm³/mol. The third-order valence-corrected chi connectivity index (χ3v) is 5.44. The van der Waals surface area contributed by atoms with Crippen LogP contribution < -0.4 is 5.32 Å². The third-order valence-electron chi connectivity index (χ3n) is 4.48. The molecule has 0 spiro atoms. The number of hydroxylamine groups is 3. The Kier molecular flexibility index (Phi) is 4.48. The van der Waals surface area contributed by atoms with Gasteiger partial charge in [0.05, 0.1) is 18.0 Å². The monoisotopic (exact) mass is 352 g/mol. The third kappa shape index (κ3) is 3.87. The second-order valence-corrected chi connectivity index (χ2v) is 7.47. The zero-order chi connectivity index (χ0) is 17.1. The van der Waals surface area contributed by atoms with E-state index in [-0.39, 0.29) is 4.65 Å². The van der Waals surface area contributed by atoms with Crippen molar-refractivity contribution < 1.29 is 4.65 Å². The number of nitrogens with one attached hydrogen (secondary N) is 1. The molecule has 1 N–H and O–H groups in total. The molecule has 1 fully saturated rings. The molecule has 25 heavy (non-hydrogen) atoms. The summed E-state index contributed by atoms with van der Waals surface area (Å²) in [5, 5.41) is 16.6. The normalized spacial score (nSPS) is 16.0. The van der Waals surface area contributed by atoms with Crippen LogP contribution in [0.4, 0.5) is 10.9 Å². The molecule has 0 unspecified atom stereocenters. The molecule has 4 rings (SSSR count). The summed E-state index contributed by atoms with van der Waals surface area (Å²) in [4.78, 5) is 9.91. The number of rotatable bonds is 5. The zero-order valence-corrected chi connectivity index (χ0v) is 14.7. The van der Waals surface area contributed by atoms with Crippen LogP contribution in [-0.4, -0.2) is 27.7 Å². The number of aromatic nitrogens is 2. The SMILES string of the molecule is [O-][N+]1(Cc2ccnc(Nc3ncc(-c4ccccc4)s3)c2)CCCC1. The number of nitrogens with zero attached hydrogens (tertiary/aromatic N) is 3. The van der Waals surface area contributed by atoms with Crippen LogP contribution in [0.15, 0.2) is 54.9 Å². The first kappa shape index (κ1) is 16.2. The summed E-state index contributed by atoms with van der Waals surface area (Å²) in [5.41, 5.74) is 2.18. The maximum atomic E-state index is 12.6. The first-order valence-electron chi connectivity index (χ1n) is 8.51. The highest BCUT2D eigenvalue weighted by Crippen LogP contribution is 2.30. The van der Waals surface area contributed by atoms with Gasteiger partial charge in [0, 0.05) is 30.8 Å². The average Bonchev–Trinajstić information content (AvgIpc) is 3.25. The highest BCUT2D eigenvalue weighted by molar-refractivity contribution is 7.18. The summed E-state index contributed by atoms with van der Waals surface area (Å²) in [6.45, 7) is 1.96. The van der Waals surface area contributed by atoms with Gasteiger partial charge in [-0.1, -0.05) is 41.7 Å². The number of quaternary nitrogens is 1. The van der Waals surface area contributed by atoms with Gasteiger partial charge < -0.3 is 15.2 Å². The summed E-state index contributed by atoms with van der Waals surface area (Å²) in [6.07, 6.45) is 5.68. The Labute approximate surface area is 151 Å². The minimum Gasteiger partial charge on any atom is -0.633 e. The number of benzene rings is 1. The minimum atomic E-state index is -0.112. The molecule has 1 aliphatic rings. The van der Waals surface area contributed by atoms with Gasteiger partial charge >= 0.3 is 0 Å². The van der Waals surface area contributed by atoms with E-state index in [1.807, 2.05) is 36.5 Å². The van der Waals surface area contributed by atoms with Gasteiger partial charge in [0.2, 0.25) is 0 Å². The highest BCUT2D eigenvalue weighted by Gasteiger charge is 2.23. The molecule has 0 aliphatic carbocycles. The second-order valence-electron chi connectivity index (χ2n) is 6.44. The van der Waals surface area contributed by atoms with Crippen molar-refractivity contribution in [3.63, 3.8) is 0 Å². The van der Waals surface area contributed by atoms with Crippen LogP contribution in [-0.2, 0) is 6.54 Å². The molecule has 2 aromatic heterocycles. The molecule has 3 aromatic rings. The van der Waals surface area contributed by atoms with Gasteiger partial charge in [-0.15, -0.1) is 0 Å². The van der Waals surface area contributed by atoms with Gasteiger partial charge in [0.15, 0.2) is 5.13 Å². The van der Waals surface area contributed by atoms with Crippen molar-refractivity contribution in [1.29, 1.82) is 0 Å². The number of pyridine rings is 1. The van der Waals surface area contributed by atoms with Gasteiger partial charge in [0.1, 0.15) is 12.4 Å². The fourth-order valence-corrected chi connectivity index (χ4v) is 4.05. The number of hydrogen-bond acceptors (Lipinski definition) is 5. The Hall–Kier alpha value is -2.28. The Morgan fingerprint density at radius 3 is 2.68 bits per heavy atom. The van der Waals surface area contributed by atoms with Gasteiger partial charge in [0.25, 0.3) is 0 Å². The van der Waals surface area contributed by atoms with Gasteiger partial charge in [-0.2, -0.15) is 0 Å². The van der Waals surface area contributed by atoms with E-state index in [9.17, 15) is 5.21 Å². The first-order valence-corrected chi connectivity index (χ1v) is 9.32. The molecule has 3 heterocycles. The molecule has 1 aliphatic heterocycles.